The van der Waals surface area contributed by atoms with Crippen LogP contribution in [0.25, 0.3) is 0 Å². The molecule has 2 heteroatoms. The van der Waals surface area contributed by atoms with Gasteiger partial charge in [-0.1, -0.05) is 37.6 Å². The Morgan fingerprint density at radius 1 is 1.25 bits per heavy atom. The van der Waals surface area contributed by atoms with Crippen molar-refractivity contribution in [3.63, 3.8) is 0 Å². The van der Waals surface area contributed by atoms with E-state index in [-0.39, 0.29) is 0 Å². The van der Waals surface area contributed by atoms with E-state index in [0.29, 0.717) is 12.0 Å². The second kappa shape index (κ2) is 6.02. The summed E-state index contributed by atoms with van der Waals surface area (Å²) in [7, 11) is 4.27. The molecule has 0 aliphatic rings. The highest BCUT2D eigenvalue weighted by Gasteiger charge is 2.23. The van der Waals surface area contributed by atoms with Gasteiger partial charge in [0.25, 0.3) is 0 Å². The fourth-order valence-corrected chi connectivity index (χ4v) is 2.39. The molecule has 0 aromatic heterocycles. The van der Waals surface area contributed by atoms with Crippen molar-refractivity contribution in [2.24, 2.45) is 11.7 Å². The second-order valence-electron chi connectivity index (χ2n) is 4.67. The molecule has 0 bridgehead atoms. The summed E-state index contributed by atoms with van der Waals surface area (Å²) >= 11 is 0. The molecule has 2 unspecified atom stereocenters. The maximum atomic E-state index is 5.88. The molecule has 1 aromatic rings. The van der Waals surface area contributed by atoms with Crippen LogP contribution in [0.3, 0.4) is 0 Å². The average molecular weight is 220 g/mol. The van der Waals surface area contributed by atoms with Gasteiger partial charge in [0.15, 0.2) is 0 Å². The zero-order chi connectivity index (χ0) is 12.1. The quantitative estimate of drug-likeness (QED) is 0.826. The molecule has 0 fully saturated rings. The van der Waals surface area contributed by atoms with E-state index in [2.05, 4.69) is 57.1 Å². The molecule has 0 aliphatic carbocycles. The van der Waals surface area contributed by atoms with Gasteiger partial charge in [-0.25, -0.2) is 0 Å². The number of hydrogen-bond acceptors (Lipinski definition) is 2. The number of hydrogen-bond donors (Lipinski definition) is 1. The number of rotatable bonds is 5. The lowest BCUT2D eigenvalue weighted by molar-refractivity contribution is 0.210. The normalized spacial score (nSPS) is 15.1. The van der Waals surface area contributed by atoms with E-state index < -0.39 is 0 Å². The third-order valence-electron chi connectivity index (χ3n) is 3.34. The van der Waals surface area contributed by atoms with Crippen LogP contribution in [0.1, 0.15) is 30.5 Å². The fourth-order valence-electron chi connectivity index (χ4n) is 2.39. The third-order valence-corrected chi connectivity index (χ3v) is 3.34. The zero-order valence-electron chi connectivity index (χ0n) is 10.9. The van der Waals surface area contributed by atoms with Crippen LogP contribution in [0.15, 0.2) is 24.3 Å². The molecule has 2 nitrogen and oxygen atoms in total. The van der Waals surface area contributed by atoms with Gasteiger partial charge in [-0.05, 0) is 44.6 Å². The fraction of sp³-hybridized carbons (Fsp3) is 0.571. The lowest BCUT2D eigenvalue weighted by atomic mass is 9.88. The van der Waals surface area contributed by atoms with Crippen LogP contribution in [0.4, 0.5) is 0 Å². The van der Waals surface area contributed by atoms with Gasteiger partial charge in [-0.3, -0.25) is 0 Å². The second-order valence-corrected chi connectivity index (χ2v) is 4.67. The van der Waals surface area contributed by atoms with Crippen LogP contribution in [0.2, 0.25) is 0 Å². The Labute approximate surface area is 99.5 Å². The lowest BCUT2D eigenvalue weighted by Crippen LogP contribution is -2.32. The minimum absolute atomic E-state index is 0.427. The first-order chi connectivity index (χ1) is 7.61. The van der Waals surface area contributed by atoms with Crippen molar-refractivity contribution in [1.82, 2.24) is 4.90 Å². The van der Waals surface area contributed by atoms with Crippen molar-refractivity contribution in [1.29, 1.82) is 0 Å². The Balaban J connectivity index is 3.07. The largest absolute Gasteiger partial charge is 0.330 e. The molecule has 0 saturated heterocycles. The SMILES string of the molecule is CCC(CN)C(c1ccccc1C)N(C)C. The van der Waals surface area contributed by atoms with Crippen LogP contribution in [0, 0.1) is 12.8 Å². The molecule has 2 N–H and O–H groups in total. The van der Waals surface area contributed by atoms with E-state index in [9.17, 15) is 0 Å². The monoisotopic (exact) mass is 220 g/mol. The molecule has 0 heterocycles. The van der Waals surface area contributed by atoms with Gasteiger partial charge in [0, 0.05) is 6.04 Å². The van der Waals surface area contributed by atoms with Crippen molar-refractivity contribution in [2.45, 2.75) is 26.3 Å². The van der Waals surface area contributed by atoms with Gasteiger partial charge < -0.3 is 10.6 Å². The molecule has 1 rings (SSSR count). The molecule has 16 heavy (non-hydrogen) atoms. The molecule has 90 valence electrons. The van der Waals surface area contributed by atoms with E-state index in [4.69, 9.17) is 5.73 Å². The highest BCUT2D eigenvalue weighted by Crippen LogP contribution is 2.30. The van der Waals surface area contributed by atoms with Gasteiger partial charge in [-0.15, -0.1) is 0 Å². The maximum Gasteiger partial charge on any atom is 0.0384 e. The predicted molar refractivity (Wildman–Crippen MR) is 70.4 cm³/mol. The Morgan fingerprint density at radius 3 is 2.31 bits per heavy atom. The van der Waals surface area contributed by atoms with Gasteiger partial charge >= 0.3 is 0 Å². The summed E-state index contributed by atoms with van der Waals surface area (Å²) in [5.41, 5.74) is 8.64. The van der Waals surface area contributed by atoms with Gasteiger partial charge in [0.05, 0.1) is 0 Å². The van der Waals surface area contributed by atoms with Gasteiger partial charge in [-0.2, -0.15) is 0 Å². The van der Waals surface area contributed by atoms with Crippen LogP contribution >= 0.6 is 0 Å². The Kier molecular flexibility index (Phi) is 4.97. The maximum absolute atomic E-state index is 5.88. The predicted octanol–water partition coefficient (Wildman–Crippen LogP) is 2.58. The summed E-state index contributed by atoms with van der Waals surface area (Å²) in [5.74, 6) is 0.524. The molecule has 0 aliphatic heterocycles. The summed E-state index contributed by atoms with van der Waals surface area (Å²) in [6.07, 6.45) is 1.12. The van der Waals surface area contributed by atoms with Crippen LogP contribution < -0.4 is 5.73 Å². The Hall–Kier alpha value is -0.860. The number of benzene rings is 1. The number of nitrogens with two attached hydrogens (primary N) is 1. The first-order valence-electron chi connectivity index (χ1n) is 6.03. The van der Waals surface area contributed by atoms with Gasteiger partial charge in [0.1, 0.15) is 0 Å². The van der Waals surface area contributed by atoms with E-state index in [0.717, 1.165) is 13.0 Å². The van der Waals surface area contributed by atoms with Crippen molar-refractivity contribution >= 4 is 0 Å². The highest BCUT2D eigenvalue weighted by atomic mass is 15.1. The number of aryl methyl sites for hydroxylation is 1. The number of nitrogens with zero attached hydrogens (tertiary/aromatic N) is 1. The van der Waals surface area contributed by atoms with E-state index in [1.807, 2.05) is 0 Å². The van der Waals surface area contributed by atoms with Crippen LogP contribution in [0.5, 0.6) is 0 Å². The summed E-state index contributed by atoms with van der Waals surface area (Å²) < 4.78 is 0. The molecule has 0 saturated carbocycles. The first kappa shape index (κ1) is 13.2. The summed E-state index contributed by atoms with van der Waals surface area (Å²) in [6, 6.07) is 9.03. The highest BCUT2D eigenvalue weighted by molar-refractivity contribution is 5.29. The van der Waals surface area contributed by atoms with E-state index in [1.54, 1.807) is 0 Å². The lowest BCUT2D eigenvalue weighted by Gasteiger charge is -2.32. The first-order valence-corrected chi connectivity index (χ1v) is 6.03. The molecular weight excluding hydrogens is 196 g/mol. The van der Waals surface area contributed by atoms with Crippen LogP contribution in [-0.2, 0) is 0 Å². The zero-order valence-corrected chi connectivity index (χ0v) is 10.9. The molecule has 1 aromatic carbocycles. The smallest absolute Gasteiger partial charge is 0.0384 e. The van der Waals surface area contributed by atoms with Gasteiger partial charge in [0.2, 0.25) is 0 Å². The van der Waals surface area contributed by atoms with Crippen molar-refractivity contribution in [3.05, 3.63) is 35.4 Å². The van der Waals surface area contributed by atoms with Crippen molar-refractivity contribution in [2.75, 3.05) is 20.6 Å². The average Bonchev–Trinajstić information content (AvgIpc) is 2.27. The van der Waals surface area contributed by atoms with E-state index in [1.165, 1.54) is 11.1 Å². The van der Waals surface area contributed by atoms with Crippen LogP contribution in [-0.4, -0.2) is 25.5 Å². The third kappa shape index (κ3) is 2.83. The summed E-state index contributed by atoms with van der Waals surface area (Å²) in [6.45, 7) is 5.13. The molecule has 0 spiro atoms. The van der Waals surface area contributed by atoms with Crippen molar-refractivity contribution < 1.29 is 0 Å². The summed E-state index contributed by atoms with van der Waals surface area (Å²) in [4.78, 5) is 2.28. The molecule has 0 amide bonds. The Bertz CT molecular complexity index is 316. The molecule has 0 radical (unpaired) electrons. The van der Waals surface area contributed by atoms with Crippen molar-refractivity contribution in [3.8, 4) is 0 Å². The standard InChI is InChI=1S/C14H24N2/c1-5-12(10-15)14(16(3)4)13-9-7-6-8-11(13)2/h6-9,12,14H,5,10,15H2,1-4H3. The topological polar surface area (TPSA) is 29.3 Å². The summed E-state index contributed by atoms with van der Waals surface area (Å²) in [5, 5.41) is 0. The minimum Gasteiger partial charge on any atom is -0.330 e. The van der Waals surface area contributed by atoms with E-state index >= 15 is 0 Å². The molecule has 2 atom stereocenters. The minimum atomic E-state index is 0.427. The Morgan fingerprint density at radius 2 is 1.88 bits per heavy atom. The molecular formula is C14H24N2.